The van der Waals surface area contributed by atoms with Crippen LogP contribution in [-0.2, 0) is 0 Å². The van der Waals surface area contributed by atoms with Gasteiger partial charge in [0, 0.05) is 16.2 Å². The molecule has 2 heteroatoms. The number of furan rings is 1. The van der Waals surface area contributed by atoms with Crippen LogP contribution in [0.4, 0.5) is 17.1 Å². The number of benzene rings is 7. The van der Waals surface area contributed by atoms with Crippen molar-refractivity contribution in [3.8, 4) is 0 Å². The van der Waals surface area contributed by atoms with E-state index in [1.165, 1.54) is 32.3 Å². The molecule has 0 amide bonds. The fourth-order valence-corrected chi connectivity index (χ4v) is 5.88. The van der Waals surface area contributed by atoms with Gasteiger partial charge in [0.1, 0.15) is 11.2 Å². The number of rotatable bonds is 3. The molecule has 0 aliphatic rings. The molecule has 178 valence electrons. The van der Waals surface area contributed by atoms with Crippen LogP contribution in [0.25, 0.3) is 54.3 Å². The van der Waals surface area contributed by atoms with Gasteiger partial charge in [-0.15, -0.1) is 0 Å². The van der Waals surface area contributed by atoms with Crippen molar-refractivity contribution in [2.75, 3.05) is 4.90 Å². The molecule has 0 aliphatic heterocycles. The van der Waals surface area contributed by atoms with E-state index in [-0.39, 0.29) is 0 Å². The van der Waals surface area contributed by atoms with Crippen molar-refractivity contribution >= 4 is 71.3 Å². The predicted octanol–water partition coefficient (Wildman–Crippen LogP) is 10.5. The lowest BCUT2D eigenvalue weighted by molar-refractivity contribution is 0.669. The van der Waals surface area contributed by atoms with Crippen molar-refractivity contribution < 1.29 is 4.42 Å². The first kappa shape index (κ1) is 21.0. The van der Waals surface area contributed by atoms with Crippen LogP contribution >= 0.6 is 0 Å². The van der Waals surface area contributed by atoms with Crippen LogP contribution in [0.2, 0.25) is 0 Å². The minimum Gasteiger partial charge on any atom is -0.456 e. The Morgan fingerprint density at radius 3 is 1.53 bits per heavy atom. The molecule has 0 fully saturated rings. The molecule has 0 unspecified atom stereocenters. The Hall–Kier alpha value is -5.08. The first-order valence-corrected chi connectivity index (χ1v) is 12.9. The zero-order valence-electron chi connectivity index (χ0n) is 20.6. The molecule has 0 radical (unpaired) electrons. The Balaban J connectivity index is 1.52. The van der Waals surface area contributed by atoms with E-state index in [1.54, 1.807) is 0 Å². The summed E-state index contributed by atoms with van der Waals surface area (Å²) in [7, 11) is 0. The number of anilines is 3. The topological polar surface area (TPSA) is 16.4 Å². The maximum atomic E-state index is 6.47. The van der Waals surface area contributed by atoms with Gasteiger partial charge in [-0.3, -0.25) is 0 Å². The second kappa shape index (κ2) is 8.22. The lowest BCUT2D eigenvalue weighted by atomic mass is 10.0. The summed E-state index contributed by atoms with van der Waals surface area (Å²) in [6.07, 6.45) is 0. The van der Waals surface area contributed by atoms with Gasteiger partial charge in [0.15, 0.2) is 0 Å². The van der Waals surface area contributed by atoms with Crippen LogP contribution in [0.5, 0.6) is 0 Å². The third-order valence-corrected chi connectivity index (χ3v) is 7.60. The number of nitrogens with zero attached hydrogens (tertiary/aromatic N) is 1. The molecule has 0 N–H and O–H groups in total. The van der Waals surface area contributed by atoms with E-state index in [0.29, 0.717) is 0 Å². The maximum Gasteiger partial charge on any atom is 0.137 e. The summed E-state index contributed by atoms with van der Waals surface area (Å²) < 4.78 is 6.47. The average Bonchev–Trinajstić information content (AvgIpc) is 3.34. The maximum absolute atomic E-state index is 6.47. The van der Waals surface area contributed by atoms with Crippen molar-refractivity contribution in [1.29, 1.82) is 0 Å². The van der Waals surface area contributed by atoms with Crippen molar-refractivity contribution in [1.82, 2.24) is 0 Å². The Kier molecular flexibility index (Phi) is 4.55. The summed E-state index contributed by atoms with van der Waals surface area (Å²) in [4.78, 5) is 2.41. The van der Waals surface area contributed by atoms with E-state index in [2.05, 4.69) is 144 Å². The zero-order valence-corrected chi connectivity index (χ0v) is 20.6. The molecule has 1 heterocycles. The molecule has 8 rings (SSSR count). The van der Waals surface area contributed by atoms with E-state index in [0.717, 1.165) is 39.0 Å². The highest BCUT2D eigenvalue weighted by molar-refractivity contribution is 6.18. The highest BCUT2D eigenvalue weighted by Gasteiger charge is 2.22. The number of hydrogen-bond acceptors (Lipinski definition) is 2. The standard InChI is InChI=1S/C36H23NO/c1-2-13-27-23-35-30(22-26(27)12-1)36-33(20-9-21-34(36)38-35)37(31-18-7-14-24-10-3-5-16-28(24)31)32-19-8-15-25-11-4-6-17-29(25)32/h1-23H. The van der Waals surface area contributed by atoms with E-state index in [4.69, 9.17) is 4.42 Å². The summed E-state index contributed by atoms with van der Waals surface area (Å²) >= 11 is 0. The first-order valence-electron chi connectivity index (χ1n) is 12.9. The lowest BCUT2D eigenvalue weighted by Gasteiger charge is -2.28. The van der Waals surface area contributed by atoms with Gasteiger partial charge in [-0.1, -0.05) is 103 Å². The molecule has 0 saturated carbocycles. The number of hydrogen-bond donors (Lipinski definition) is 0. The van der Waals surface area contributed by atoms with Crippen LogP contribution in [0.15, 0.2) is 144 Å². The highest BCUT2D eigenvalue weighted by Crippen LogP contribution is 2.46. The molecular formula is C36H23NO. The molecule has 0 bridgehead atoms. The van der Waals surface area contributed by atoms with Gasteiger partial charge in [0.2, 0.25) is 0 Å². The Morgan fingerprint density at radius 2 is 0.868 bits per heavy atom. The Labute approximate surface area is 220 Å². The molecule has 1 aromatic heterocycles. The van der Waals surface area contributed by atoms with E-state index >= 15 is 0 Å². The largest absolute Gasteiger partial charge is 0.456 e. The quantitative estimate of drug-likeness (QED) is 0.247. The highest BCUT2D eigenvalue weighted by atomic mass is 16.3. The van der Waals surface area contributed by atoms with Gasteiger partial charge in [-0.25, -0.2) is 0 Å². The normalized spacial score (nSPS) is 11.7. The summed E-state index contributed by atoms with van der Waals surface area (Å²) in [6.45, 7) is 0. The third kappa shape index (κ3) is 3.14. The lowest BCUT2D eigenvalue weighted by Crippen LogP contribution is -2.11. The molecular weight excluding hydrogens is 462 g/mol. The van der Waals surface area contributed by atoms with E-state index in [1.807, 2.05) is 0 Å². The van der Waals surface area contributed by atoms with Crippen molar-refractivity contribution in [3.05, 3.63) is 140 Å². The second-order valence-corrected chi connectivity index (χ2v) is 9.78. The van der Waals surface area contributed by atoms with Gasteiger partial charge in [0.25, 0.3) is 0 Å². The monoisotopic (exact) mass is 485 g/mol. The van der Waals surface area contributed by atoms with E-state index < -0.39 is 0 Å². The molecule has 7 aromatic carbocycles. The summed E-state index contributed by atoms with van der Waals surface area (Å²) in [6, 6.07) is 49.6. The molecule has 0 aliphatic carbocycles. The fraction of sp³-hybridized carbons (Fsp3) is 0. The molecule has 38 heavy (non-hydrogen) atoms. The molecule has 8 aromatic rings. The van der Waals surface area contributed by atoms with Crippen molar-refractivity contribution in [2.45, 2.75) is 0 Å². The van der Waals surface area contributed by atoms with Gasteiger partial charge >= 0.3 is 0 Å². The Bertz CT molecular complexity index is 2060. The van der Waals surface area contributed by atoms with Gasteiger partial charge in [0.05, 0.1) is 22.4 Å². The van der Waals surface area contributed by atoms with Crippen LogP contribution < -0.4 is 4.90 Å². The van der Waals surface area contributed by atoms with Gasteiger partial charge < -0.3 is 9.32 Å². The molecule has 2 nitrogen and oxygen atoms in total. The third-order valence-electron chi connectivity index (χ3n) is 7.60. The van der Waals surface area contributed by atoms with Crippen molar-refractivity contribution in [2.24, 2.45) is 0 Å². The Morgan fingerprint density at radius 1 is 0.368 bits per heavy atom. The summed E-state index contributed by atoms with van der Waals surface area (Å²) in [5.74, 6) is 0. The van der Waals surface area contributed by atoms with Crippen LogP contribution in [0.1, 0.15) is 0 Å². The van der Waals surface area contributed by atoms with Crippen molar-refractivity contribution in [3.63, 3.8) is 0 Å². The van der Waals surface area contributed by atoms with E-state index in [9.17, 15) is 0 Å². The predicted molar refractivity (Wildman–Crippen MR) is 161 cm³/mol. The minimum absolute atomic E-state index is 0.887. The zero-order chi connectivity index (χ0) is 25.1. The summed E-state index contributed by atoms with van der Waals surface area (Å²) in [5, 5.41) is 9.47. The minimum atomic E-state index is 0.887. The van der Waals surface area contributed by atoms with Crippen LogP contribution in [-0.4, -0.2) is 0 Å². The average molecular weight is 486 g/mol. The molecule has 0 spiro atoms. The second-order valence-electron chi connectivity index (χ2n) is 9.78. The molecule has 0 saturated heterocycles. The van der Waals surface area contributed by atoms with Gasteiger partial charge in [-0.2, -0.15) is 0 Å². The first-order chi connectivity index (χ1) is 18.8. The van der Waals surface area contributed by atoms with Crippen LogP contribution in [0.3, 0.4) is 0 Å². The number of fused-ring (bicyclic) bond motifs is 6. The van der Waals surface area contributed by atoms with Crippen LogP contribution in [0, 0.1) is 0 Å². The van der Waals surface area contributed by atoms with Gasteiger partial charge in [-0.05, 0) is 57.9 Å². The fourth-order valence-electron chi connectivity index (χ4n) is 5.88. The SMILES string of the molecule is c1ccc2cc3c(cc2c1)oc1cccc(N(c2cccc4ccccc24)c2cccc4ccccc24)c13. The molecule has 0 atom stereocenters. The summed E-state index contributed by atoms with van der Waals surface area (Å²) in [5.41, 5.74) is 5.17. The smallest absolute Gasteiger partial charge is 0.137 e.